The number of anilines is 2. The van der Waals surface area contributed by atoms with Crippen molar-refractivity contribution in [3.63, 3.8) is 0 Å². The van der Waals surface area contributed by atoms with Crippen molar-refractivity contribution in [3.8, 4) is 5.75 Å². The molecule has 4 aromatic carbocycles. The van der Waals surface area contributed by atoms with E-state index in [4.69, 9.17) is 34.8 Å². The van der Waals surface area contributed by atoms with Gasteiger partial charge in [-0.2, -0.15) is 0 Å². The summed E-state index contributed by atoms with van der Waals surface area (Å²) in [4.78, 5) is 26.4. The van der Waals surface area contributed by atoms with Gasteiger partial charge in [-0.1, -0.05) is 150 Å². The normalized spacial score (nSPS) is 12.2. The summed E-state index contributed by atoms with van der Waals surface area (Å²) in [5, 5.41) is 16.7. The molecular formula is C42H51Cl3N2O5S. The van der Waals surface area contributed by atoms with E-state index in [0.29, 0.717) is 0 Å². The summed E-state index contributed by atoms with van der Waals surface area (Å²) in [6, 6.07) is 17.9. The van der Waals surface area contributed by atoms with Crippen molar-refractivity contribution in [1.29, 1.82) is 0 Å². The molecule has 286 valence electrons. The smallest absolute Gasteiger partial charge is 0.255 e. The molecule has 0 aliphatic heterocycles. The van der Waals surface area contributed by atoms with Crippen LogP contribution >= 0.6 is 34.8 Å². The second-order valence-corrected chi connectivity index (χ2v) is 17.0. The number of unbranched alkanes of at least 4 members (excludes halogenated alkanes) is 12. The second-order valence-electron chi connectivity index (χ2n) is 13.7. The first-order valence-electron chi connectivity index (χ1n) is 18.8. The molecule has 4 rings (SSSR count). The van der Waals surface area contributed by atoms with Crippen LogP contribution in [-0.4, -0.2) is 30.6 Å². The number of phenols is 1. The number of phenolic OH excluding ortho intramolecular Hbond substituents is 1. The zero-order valence-electron chi connectivity index (χ0n) is 30.7. The first kappa shape index (κ1) is 42.4. The minimum absolute atomic E-state index is 0.00281. The number of fused-ring (bicyclic) bond motifs is 1. The predicted molar refractivity (Wildman–Crippen MR) is 221 cm³/mol. The second kappa shape index (κ2) is 21.0. The van der Waals surface area contributed by atoms with E-state index < -0.39 is 26.9 Å². The number of aryl methyl sites for hydroxylation is 1. The van der Waals surface area contributed by atoms with Gasteiger partial charge in [-0.15, -0.1) is 0 Å². The number of aromatic hydroxyl groups is 1. The van der Waals surface area contributed by atoms with Gasteiger partial charge in [0.1, 0.15) is 11.0 Å². The number of amides is 2. The van der Waals surface area contributed by atoms with Crippen molar-refractivity contribution in [2.45, 2.75) is 120 Å². The molecule has 1 unspecified atom stereocenters. The molecule has 0 saturated heterocycles. The van der Waals surface area contributed by atoms with Crippen molar-refractivity contribution in [2.75, 3.05) is 10.6 Å². The van der Waals surface area contributed by atoms with Crippen LogP contribution < -0.4 is 10.6 Å². The summed E-state index contributed by atoms with van der Waals surface area (Å²) in [5.41, 5.74) is 1.13. The number of halogens is 3. The maximum absolute atomic E-state index is 14.1. The van der Waals surface area contributed by atoms with Crippen LogP contribution in [-0.2, 0) is 21.1 Å². The number of sulfone groups is 1. The fraction of sp³-hybridized carbons (Fsp3) is 0.429. The highest BCUT2D eigenvalue weighted by molar-refractivity contribution is 7.92. The maximum Gasteiger partial charge on any atom is 0.255 e. The molecule has 2 amide bonds. The van der Waals surface area contributed by atoms with Crippen LogP contribution in [0, 0.1) is 0 Å². The van der Waals surface area contributed by atoms with E-state index in [9.17, 15) is 23.1 Å². The predicted octanol–water partition coefficient (Wildman–Crippen LogP) is 12.6. The number of carbonyl (C=O) groups excluding carboxylic acids is 2. The molecule has 4 aromatic rings. The maximum atomic E-state index is 14.1. The van der Waals surface area contributed by atoms with Crippen LogP contribution in [0.1, 0.15) is 120 Å². The molecule has 0 aromatic heterocycles. The Morgan fingerprint density at radius 2 is 1.30 bits per heavy atom. The van der Waals surface area contributed by atoms with Crippen molar-refractivity contribution >= 4 is 78.6 Å². The Morgan fingerprint density at radius 3 is 1.92 bits per heavy atom. The lowest BCUT2D eigenvalue weighted by Crippen LogP contribution is -2.35. The summed E-state index contributed by atoms with van der Waals surface area (Å²) in [5.74, 6) is -1.75. The van der Waals surface area contributed by atoms with Gasteiger partial charge in [-0.05, 0) is 72.0 Å². The summed E-state index contributed by atoms with van der Waals surface area (Å²) >= 11 is 18.4. The fourth-order valence-electron chi connectivity index (χ4n) is 6.58. The third-order valence-corrected chi connectivity index (χ3v) is 12.9. The van der Waals surface area contributed by atoms with Gasteiger partial charge in [-0.25, -0.2) is 8.42 Å². The zero-order valence-corrected chi connectivity index (χ0v) is 33.7. The minimum atomic E-state index is -4.12. The van der Waals surface area contributed by atoms with Gasteiger partial charge in [0.05, 0.1) is 31.3 Å². The zero-order chi connectivity index (χ0) is 38.4. The molecule has 0 radical (unpaired) electrons. The first-order chi connectivity index (χ1) is 25.5. The Kier molecular flexibility index (Phi) is 16.8. The van der Waals surface area contributed by atoms with Gasteiger partial charge in [0.2, 0.25) is 5.91 Å². The van der Waals surface area contributed by atoms with E-state index in [-0.39, 0.29) is 49.1 Å². The van der Waals surface area contributed by atoms with Crippen LogP contribution in [0.25, 0.3) is 10.8 Å². The molecule has 7 nitrogen and oxygen atoms in total. The van der Waals surface area contributed by atoms with E-state index in [1.165, 1.54) is 88.5 Å². The van der Waals surface area contributed by atoms with Crippen LogP contribution in [0.15, 0.2) is 71.6 Å². The molecule has 0 bridgehead atoms. The van der Waals surface area contributed by atoms with Crippen molar-refractivity contribution in [3.05, 3.63) is 92.9 Å². The quantitative estimate of drug-likeness (QED) is 0.0574. The number of hydrogen-bond acceptors (Lipinski definition) is 5. The molecule has 0 heterocycles. The average molecular weight is 802 g/mol. The highest BCUT2D eigenvalue weighted by atomic mass is 35.5. The van der Waals surface area contributed by atoms with E-state index in [1.807, 2.05) is 24.3 Å². The lowest BCUT2D eigenvalue weighted by molar-refractivity contribution is -0.115. The molecule has 0 spiro atoms. The Labute approximate surface area is 329 Å². The van der Waals surface area contributed by atoms with Gasteiger partial charge < -0.3 is 15.7 Å². The Morgan fingerprint density at radius 1 is 0.679 bits per heavy atom. The molecule has 0 fully saturated rings. The average Bonchev–Trinajstić information content (AvgIpc) is 3.13. The lowest BCUT2D eigenvalue weighted by Gasteiger charge is -2.19. The Hall–Kier alpha value is -3.30. The number of rotatable bonds is 21. The topological polar surface area (TPSA) is 113 Å². The highest BCUT2D eigenvalue weighted by Crippen LogP contribution is 2.35. The molecule has 0 aliphatic carbocycles. The Bertz CT molecular complexity index is 1970. The summed E-state index contributed by atoms with van der Waals surface area (Å²) in [7, 11) is -4.12. The Balaban J connectivity index is 1.38. The van der Waals surface area contributed by atoms with E-state index in [2.05, 4.69) is 17.6 Å². The van der Waals surface area contributed by atoms with Crippen LogP contribution in [0.4, 0.5) is 11.4 Å². The van der Waals surface area contributed by atoms with Crippen molar-refractivity contribution in [1.82, 2.24) is 0 Å². The number of benzene rings is 4. The number of carbonyl (C=O) groups is 2. The van der Waals surface area contributed by atoms with Crippen molar-refractivity contribution in [2.24, 2.45) is 0 Å². The van der Waals surface area contributed by atoms with Crippen molar-refractivity contribution < 1.29 is 23.1 Å². The van der Waals surface area contributed by atoms with Crippen LogP contribution in [0.3, 0.4) is 0 Å². The molecule has 0 aliphatic rings. The van der Waals surface area contributed by atoms with Gasteiger partial charge >= 0.3 is 0 Å². The molecule has 3 N–H and O–H groups in total. The van der Waals surface area contributed by atoms with Gasteiger partial charge in [0.25, 0.3) is 5.91 Å². The van der Waals surface area contributed by atoms with Crippen LogP contribution in [0.5, 0.6) is 5.75 Å². The highest BCUT2D eigenvalue weighted by Gasteiger charge is 2.33. The SMILES string of the molecule is CCCCCCCCCCCCCCCc1cc(S(=O)(=O)C(CC)C(=O)Nc2cc(O)c(NC(=O)c3ccc(Cl)c(Cl)c3)cc2Cl)cc2ccccc12. The summed E-state index contributed by atoms with van der Waals surface area (Å²) < 4.78 is 28.2. The van der Waals surface area contributed by atoms with Gasteiger partial charge in [0.15, 0.2) is 9.84 Å². The molecular weight excluding hydrogens is 751 g/mol. The van der Waals surface area contributed by atoms with Crippen LogP contribution in [0.2, 0.25) is 15.1 Å². The third kappa shape index (κ3) is 12.1. The molecule has 1 atom stereocenters. The first-order valence-corrected chi connectivity index (χ1v) is 21.5. The van der Waals surface area contributed by atoms with E-state index in [0.717, 1.165) is 48.1 Å². The molecule has 0 saturated carbocycles. The van der Waals surface area contributed by atoms with Gasteiger partial charge in [0, 0.05) is 11.6 Å². The summed E-state index contributed by atoms with van der Waals surface area (Å²) in [6.45, 7) is 3.89. The van der Waals surface area contributed by atoms with E-state index in [1.54, 1.807) is 19.1 Å². The number of hydrogen-bond donors (Lipinski definition) is 3. The van der Waals surface area contributed by atoms with E-state index >= 15 is 0 Å². The monoisotopic (exact) mass is 800 g/mol. The minimum Gasteiger partial charge on any atom is -0.506 e. The summed E-state index contributed by atoms with van der Waals surface area (Å²) in [6.07, 6.45) is 17.1. The fourth-order valence-corrected chi connectivity index (χ4v) is 8.79. The molecule has 11 heteroatoms. The third-order valence-electron chi connectivity index (χ3n) is 9.61. The van der Waals surface area contributed by atoms with Gasteiger partial charge in [-0.3, -0.25) is 9.59 Å². The largest absolute Gasteiger partial charge is 0.506 e. The lowest BCUT2D eigenvalue weighted by atomic mass is 9.99. The number of nitrogens with one attached hydrogen (secondary N) is 2. The molecule has 53 heavy (non-hydrogen) atoms. The standard InChI is InChI=1S/C42H51Cl3N2O5S/c1-3-5-6-7-8-9-10-11-12-13-14-15-16-19-29-24-32(25-30-20-17-18-21-33(29)30)53(51,52)40(4-2)42(50)46-37-28-39(48)38(27-36(37)45)47-41(49)31-22-23-34(43)35(44)26-31/h17-18,20-28,40,48H,3-16,19H2,1-2H3,(H,46,50)(H,47,49).